The van der Waals surface area contributed by atoms with E-state index in [1.807, 2.05) is 48.5 Å². The first-order valence-electron chi connectivity index (χ1n) is 14.0. The summed E-state index contributed by atoms with van der Waals surface area (Å²) in [6.45, 7) is 0. The van der Waals surface area contributed by atoms with Gasteiger partial charge in [-0.15, -0.1) is 0 Å². The van der Waals surface area contributed by atoms with Crippen molar-refractivity contribution in [3.63, 3.8) is 0 Å². The lowest BCUT2D eigenvalue weighted by Gasteiger charge is -2.20. The standard InChI is InChI=1S/C37H28O5/c38-34(25-10-4-1-5-11-25)31-22-30-21-19-27-18-16-24(33(36(27)40)35(39)26-12-6-2-7-13-26)17-20-29(31)23-32(30)42-37(41)28-14-8-3-9-15-28/h1-16,18,22-23,40H,17,19-21H2. The molecule has 0 amide bonds. The van der Waals surface area contributed by atoms with Crippen LogP contribution in [-0.4, -0.2) is 22.6 Å². The highest BCUT2D eigenvalue weighted by molar-refractivity contribution is 6.12. The molecule has 5 heteroatoms. The zero-order valence-electron chi connectivity index (χ0n) is 22.9. The smallest absolute Gasteiger partial charge is 0.343 e. The summed E-state index contributed by atoms with van der Waals surface area (Å²) in [6, 6.07) is 34.1. The lowest BCUT2D eigenvalue weighted by atomic mass is 9.86. The van der Waals surface area contributed by atoms with Gasteiger partial charge in [0, 0.05) is 16.7 Å². The lowest BCUT2D eigenvalue weighted by Crippen LogP contribution is -2.15. The number of hydrogen-bond donors (Lipinski definition) is 1. The zero-order chi connectivity index (χ0) is 29.1. The van der Waals surface area contributed by atoms with Gasteiger partial charge in [-0.3, -0.25) is 9.59 Å². The number of carbonyl (C=O) groups excluding carboxylic acids is 3. The molecule has 4 aliphatic carbocycles. The van der Waals surface area contributed by atoms with Crippen LogP contribution in [0.15, 0.2) is 115 Å². The van der Waals surface area contributed by atoms with Gasteiger partial charge in [0.25, 0.3) is 0 Å². The fourth-order valence-corrected chi connectivity index (χ4v) is 5.47. The highest BCUT2D eigenvalue weighted by Crippen LogP contribution is 2.35. The Morgan fingerprint density at radius 1 is 0.524 bits per heavy atom. The number of phenolic OH excluding ortho intramolecular Hbond substituents is 1. The number of rotatable bonds is 6. The number of benzene rings is 5. The van der Waals surface area contributed by atoms with Gasteiger partial charge in [-0.05, 0) is 72.2 Å². The molecule has 0 heterocycles. The SMILES string of the molecule is O=C(Oc1cc2c(C(=O)c3ccccc3)cc1CCc1ccc(c(C(=O)c3ccccc3)c1O)CC2)c1ccccc1. The number of ketones is 2. The molecule has 9 rings (SSSR count). The molecule has 0 fully saturated rings. The van der Waals surface area contributed by atoms with Crippen LogP contribution in [-0.2, 0) is 25.7 Å². The number of ether oxygens (including phenoxy) is 1. The Morgan fingerprint density at radius 2 is 1.02 bits per heavy atom. The van der Waals surface area contributed by atoms with E-state index in [1.165, 1.54) is 0 Å². The molecule has 0 atom stereocenters. The molecule has 0 saturated heterocycles. The second-order valence-corrected chi connectivity index (χ2v) is 10.4. The highest BCUT2D eigenvalue weighted by Gasteiger charge is 2.25. The Hall–Kier alpha value is -5.29. The average molecular weight is 553 g/mol. The maximum Gasteiger partial charge on any atom is 0.343 e. The second kappa shape index (κ2) is 11.7. The maximum absolute atomic E-state index is 13.8. The van der Waals surface area contributed by atoms with Gasteiger partial charge in [0.1, 0.15) is 11.5 Å². The predicted octanol–water partition coefficient (Wildman–Crippen LogP) is 6.96. The third-order valence-corrected chi connectivity index (χ3v) is 7.72. The quantitative estimate of drug-likeness (QED) is 0.140. The predicted molar refractivity (Wildman–Crippen MR) is 161 cm³/mol. The molecule has 1 N–H and O–H groups in total. The molecule has 5 aromatic rings. The van der Waals surface area contributed by atoms with Gasteiger partial charge in [-0.2, -0.15) is 0 Å². The lowest BCUT2D eigenvalue weighted by molar-refractivity contribution is 0.0732. The van der Waals surface area contributed by atoms with E-state index in [-0.39, 0.29) is 17.3 Å². The summed E-state index contributed by atoms with van der Waals surface area (Å²) in [5.74, 6) is -0.492. The van der Waals surface area contributed by atoms with Crippen LogP contribution in [0.2, 0.25) is 0 Å². The molecule has 4 aliphatic rings. The Kier molecular flexibility index (Phi) is 7.48. The van der Waals surface area contributed by atoms with Crippen molar-refractivity contribution in [2.24, 2.45) is 0 Å². The van der Waals surface area contributed by atoms with Crippen molar-refractivity contribution in [1.82, 2.24) is 0 Å². The minimum Gasteiger partial charge on any atom is -0.507 e. The van der Waals surface area contributed by atoms with Crippen molar-refractivity contribution >= 4 is 17.5 Å². The Balaban J connectivity index is 1.45. The third-order valence-electron chi connectivity index (χ3n) is 7.72. The molecule has 0 unspecified atom stereocenters. The van der Waals surface area contributed by atoms with Crippen LogP contribution >= 0.6 is 0 Å². The molecule has 4 bridgehead atoms. The van der Waals surface area contributed by atoms with Crippen molar-refractivity contribution in [2.45, 2.75) is 25.7 Å². The van der Waals surface area contributed by atoms with E-state index in [2.05, 4.69) is 0 Å². The van der Waals surface area contributed by atoms with Crippen molar-refractivity contribution < 1.29 is 24.2 Å². The van der Waals surface area contributed by atoms with Crippen molar-refractivity contribution in [2.75, 3.05) is 0 Å². The van der Waals surface area contributed by atoms with Crippen LogP contribution in [0.1, 0.15) is 64.5 Å². The molecule has 42 heavy (non-hydrogen) atoms. The average Bonchev–Trinajstić information content (AvgIpc) is 3.03. The Bertz CT molecular complexity index is 1790. The number of esters is 1. The topological polar surface area (TPSA) is 80.7 Å². The second-order valence-electron chi connectivity index (χ2n) is 10.4. The van der Waals surface area contributed by atoms with E-state index >= 15 is 0 Å². The fraction of sp³-hybridized carbons (Fsp3) is 0.108. The van der Waals surface area contributed by atoms with E-state index < -0.39 is 5.97 Å². The van der Waals surface area contributed by atoms with Gasteiger partial charge < -0.3 is 9.84 Å². The van der Waals surface area contributed by atoms with E-state index in [0.29, 0.717) is 81.5 Å². The molecule has 0 saturated carbocycles. The Labute approximate surface area is 244 Å². The minimum absolute atomic E-state index is 0.0280. The monoisotopic (exact) mass is 552 g/mol. The molecule has 0 aromatic heterocycles. The van der Waals surface area contributed by atoms with Crippen molar-refractivity contribution in [3.05, 3.63) is 165 Å². The summed E-state index contributed by atoms with van der Waals surface area (Å²) in [5.41, 5.74) is 4.98. The zero-order valence-corrected chi connectivity index (χ0v) is 22.9. The molecule has 5 nitrogen and oxygen atoms in total. The van der Waals surface area contributed by atoms with Crippen LogP contribution in [0.5, 0.6) is 11.5 Å². The van der Waals surface area contributed by atoms with Gasteiger partial charge in [0.2, 0.25) is 0 Å². The largest absolute Gasteiger partial charge is 0.507 e. The Morgan fingerprint density at radius 3 is 1.67 bits per heavy atom. The van der Waals surface area contributed by atoms with Gasteiger partial charge in [0.05, 0.1) is 11.1 Å². The first-order valence-corrected chi connectivity index (χ1v) is 14.0. The summed E-state index contributed by atoms with van der Waals surface area (Å²) in [6.07, 6.45) is 1.52. The van der Waals surface area contributed by atoms with Crippen LogP contribution in [0.25, 0.3) is 0 Å². The summed E-state index contributed by atoms with van der Waals surface area (Å²) in [7, 11) is 0. The van der Waals surface area contributed by atoms with Gasteiger partial charge >= 0.3 is 5.97 Å². The molecule has 0 aliphatic heterocycles. The minimum atomic E-state index is -0.487. The molecule has 206 valence electrons. The van der Waals surface area contributed by atoms with E-state index in [9.17, 15) is 19.5 Å². The fourth-order valence-electron chi connectivity index (χ4n) is 5.47. The molecular formula is C37H28O5. The van der Waals surface area contributed by atoms with Gasteiger partial charge in [-0.25, -0.2) is 4.79 Å². The summed E-state index contributed by atoms with van der Waals surface area (Å²) in [4.78, 5) is 40.4. The molecule has 5 aromatic carbocycles. The maximum atomic E-state index is 13.8. The van der Waals surface area contributed by atoms with Crippen LogP contribution < -0.4 is 4.74 Å². The van der Waals surface area contributed by atoms with Gasteiger partial charge in [-0.1, -0.05) is 91.0 Å². The normalized spacial score (nSPS) is 12.3. The van der Waals surface area contributed by atoms with E-state index in [4.69, 9.17) is 4.74 Å². The van der Waals surface area contributed by atoms with Crippen molar-refractivity contribution in [1.29, 1.82) is 0 Å². The highest BCUT2D eigenvalue weighted by atomic mass is 16.5. The van der Waals surface area contributed by atoms with Crippen LogP contribution in [0.4, 0.5) is 0 Å². The van der Waals surface area contributed by atoms with Crippen LogP contribution in [0.3, 0.4) is 0 Å². The van der Waals surface area contributed by atoms with E-state index in [1.54, 1.807) is 66.7 Å². The van der Waals surface area contributed by atoms with E-state index in [0.717, 1.165) is 0 Å². The first-order chi connectivity index (χ1) is 20.5. The number of phenols is 1. The number of hydrogen-bond acceptors (Lipinski definition) is 5. The first kappa shape index (κ1) is 26.9. The summed E-state index contributed by atoms with van der Waals surface area (Å²) in [5, 5.41) is 11.4. The summed E-state index contributed by atoms with van der Waals surface area (Å²) >= 11 is 0. The number of carbonyl (C=O) groups is 3. The molecular weight excluding hydrogens is 524 g/mol. The number of aryl methyl sites for hydroxylation is 4. The summed E-state index contributed by atoms with van der Waals surface area (Å²) < 4.78 is 5.92. The molecule has 0 radical (unpaired) electrons. The number of aromatic hydroxyl groups is 1. The van der Waals surface area contributed by atoms with Crippen LogP contribution in [0, 0.1) is 0 Å². The van der Waals surface area contributed by atoms with Gasteiger partial charge in [0.15, 0.2) is 11.6 Å². The molecule has 0 spiro atoms. The van der Waals surface area contributed by atoms with Crippen molar-refractivity contribution in [3.8, 4) is 11.5 Å². The third kappa shape index (κ3) is 5.37.